The van der Waals surface area contributed by atoms with Gasteiger partial charge in [-0.15, -0.1) is 0 Å². The van der Waals surface area contributed by atoms with Crippen LogP contribution in [0.5, 0.6) is 0 Å². The molecule has 19 heavy (non-hydrogen) atoms. The normalized spacial score (nSPS) is 15.8. The number of amides is 1. The molecule has 98 valence electrons. The van der Waals surface area contributed by atoms with Gasteiger partial charge in [0.25, 0.3) is 0 Å². The Morgan fingerprint density at radius 3 is 2.68 bits per heavy atom. The Balaban J connectivity index is 1.97. The predicted molar refractivity (Wildman–Crippen MR) is 71.6 cm³/mol. The van der Waals surface area contributed by atoms with E-state index in [0.29, 0.717) is 18.6 Å². The molecule has 1 aromatic heterocycles. The van der Waals surface area contributed by atoms with Crippen LogP contribution in [0.2, 0.25) is 0 Å². The summed E-state index contributed by atoms with van der Waals surface area (Å²) in [6, 6.07) is 6.90. The van der Waals surface area contributed by atoms with Crippen LogP contribution >= 0.6 is 0 Å². The second-order valence-corrected chi connectivity index (χ2v) is 4.59. The molecule has 1 aromatic carbocycles. The number of hydrogen-bond donors (Lipinski definition) is 0. The Morgan fingerprint density at radius 1 is 1.16 bits per heavy atom. The third-order valence-electron chi connectivity index (χ3n) is 3.50. The first-order valence-corrected chi connectivity index (χ1v) is 6.27. The van der Waals surface area contributed by atoms with E-state index in [4.69, 9.17) is 0 Å². The second-order valence-electron chi connectivity index (χ2n) is 4.59. The summed E-state index contributed by atoms with van der Waals surface area (Å²) in [5.74, 6) is -0.300. The molecule has 1 aliphatic heterocycles. The molecule has 1 amide bonds. The number of carbonyl (C=O) groups is 1. The zero-order chi connectivity index (χ0) is 13.2. The number of hydrogen-bond acceptors (Lipinski definition) is 3. The summed E-state index contributed by atoms with van der Waals surface area (Å²) < 4.78 is 13.7. The number of fused-ring (bicyclic) bond motifs is 1. The van der Waals surface area contributed by atoms with E-state index in [-0.39, 0.29) is 5.82 Å². The summed E-state index contributed by atoms with van der Waals surface area (Å²) in [7, 11) is 0. The summed E-state index contributed by atoms with van der Waals surface area (Å²) >= 11 is 0. The van der Waals surface area contributed by atoms with Crippen LogP contribution in [0.1, 0.15) is 0 Å². The topological polar surface area (TPSA) is 36.4 Å². The molecular weight excluding hydrogens is 245 g/mol. The van der Waals surface area contributed by atoms with Gasteiger partial charge in [0.1, 0.15) is 11.3 Å². The molecule has 4 nitrogen and oxygen atoms in total. The monoisotopic (exact) mass is 259 g/mol. The highest BCUT2D eigenvalue weighted by Crippen LogP contribution is 2.27. The number of carbonyl (C=O) groups excluding carboxylic acids is 1. The lowest BCUT2D eigenvalue weighted by Crippen LogP contribution is -2.45. The number of aromatic nitrogens is 1. The number of para-hydroxylation sites is 1. The van der Waals surface area contributed by atoms with Crippen LogP contribution in [0.3, 0.4) is 0 Å². The Labute approximate surface area is 110 Å². The predicted octanol–water partition coefficient (Wildman–Crippen LogP) is 1.65. The Morgan fingerprint density at radius 2 is 1.95 bits per heavy atom. The van der Waals surface area contributed by atoms with Crippen LogP contribution in [-0.2, 0) is 4.79 Å². The first kappa shape index (κ1) is 11.9. The van der Waals surface area contributed by atoms with Gasteiger partial charge in [0.15, 0.2) is 0 Å². The van der Waals surface area contributed by atoms with E-state index in [9.17, 15) is 9.18 Å². The lowest BCUT2D eigenvalue weighted by Gasteiger charge is -2.34. The smallest absolute Gasteiger partial charge is 0.209 e. The third kappa shape index (κ3) is 2.12. The Kier molecular flexibility index (Phi) is 3.03. The minimum Gasteiger partial charge on any atom is -0.367 e. The fourth-order valence-corrected chi connectivity index (χ4v) is 2.47. The molecule has 1 fully saturated rings. The average Bonchev–Trinajstić information content (AvgIpc) is 2.47. The van der Waals surface area contributed by atoms with Gasteiger partial charge in [-0.1, -0.05) is 12.1 Å². The first-order valence-electron chi connectivity index (χ1n) is 6.27. The van der Waals surface area contributed by atoms with Crippen molar-refractivity contribution in [1.82, 2.24) is 9.88 Å². The fourth-order valence-electron chi connectivity index (χ4n) is 2.47. The molecule has 0 spiro atoms. The summed E-state index contributed by atoms with van der Waals surface area (Å²) in [6.45, 7) is 2.91. The van der Waals surface area contributed by atoms with Crippen LogP contribution in [0.15, 0.2) is 30.5 Å². The standard InChI is InChI=1S/C14H14FN3O/c15-12-3-1-2-11-13(4-5-16-14(11)12)18-8-6-17(10-19)7-9-18/h1-5,10H,6-9H2. The van der Waals surface area contributed by atoms with Crippen molar-refractivity contribution in [2.75, 3.05) is 31.1 Å². The number of rotatable bonds is 2. The first-order chi connectivity index (χ1) is 9.29. The van der Waals surface area contributed by atoms with E-state index >= 15 is 0 Å². The van der Waals surface area contributed by atoms with Crippen molar-refractivity contribution in [3.63, 3.8) is 0 Å². The van der Waals surface area contributed by atoms with E-state index < -0.39 is 0 Å². The number of halogens is 1. The van der Waals surface area contributed by atoms with Gasteiger partial charge >= 0.3 is 0 Å². The number of pyridine rings is 1. The van der Waals surface area contributed by atoms with Crippen LogP contribution < -0.4 is 4.90 Å². The van der Waals surface area contributed by atoms with Crippen molar-refractivity contribution in [1.29, 1.82) is 0 Å². The highest BCUT2D eigenvalue weighted by Gasteiger charge is 2.18. The minimum absolute atomic E-state index is 0.300. The van der Waals surface area contributed by atoms with Crippen molar-refractivity contribution in [2.24, 2.45) is 0 Å². The summed E-state index contributed by atoms with van der Waals surface area (Å²) in [4.78, 5) is 18.7. The Bertz CT molecular complexity index is 609. The molecule has 0 unspecified atom stereocenters. The van der Waals surface area contributed by atoms with Crippen LogP contribution in [0.25, 0.3) is 10.9 Å². The van der Waals surface area contributed by atoms with E-state index in [1.807, 2.05) is 12.1 Å². The third-order valence-corrected chi connectivity index (χ3v) is 3.50. The minimum atomic E-state index is -0.300. The van der Waals surface area contributed by atoms with Crippen LogP contribution in [0.4, 0.5) is 10.1 Å². The van der Waals surface area contributed by atoms with Gasteiger partial charge in [-0.05, 0) is 12.1 Å². The zero-order valence-electron chi connectivity index (χ0n) is 10.4. The number of benzene rings is 1. The number of piperazine rings is 1. The molecule has 2 heterocycles. The van der Waals surface area contributed by atoms with Crippen LogP contribution in [-0.4, -0.2) is 42.5 Å². The van der Waals surface area contributed by atoms with E-state index in [1.165, 1.54) is 6.07 Å². The highest BCUT2D eigenvalue weighted by molar-refractivity contribution is 5.91. The SMILES string of the molecule is O=CN1CCN(c2ccnc3c(F)cccc23)CC1. The number of anilines is 1. The van der Waals surface area contributed by atoms with Gasteiger partial charge in [0.2, 0.25) is 6.41 Å². The molecule has 5 heteroatoms. The van der Waals surface area contributed by atoms with Gasteiger partial charge in [0.05, 0.1) is 0 Å². The molecule has 0 bridgehead atoms. The van der Waals surface area contributed by atoms with Crippen molar-refractivity contribution >= 4 is 23.0 Å². The second kappa shape index (κ2) is 4.84. The average molecular weight is 259 g/mol. The molecule has 2 aromatic rings. The van der Waals surface area contributed by atoms with E-state index in [1.54, 1.807) is 17.2 Å². The molecule has 0 atom stereocenters. The maximum Gasteiger partial charge on any atom is 0.209 e. The van der Waals surface area contributed by atoms with Crippen molar-refractivity contribution in [2.45, 2.75) is 0 Å². The fraction of sp³-hybridized carbons (Fsp3) is 0.286. The number of nitrogens with zero attached hydrogens (tertiary/aromatic N) is 3. The molecule has 0 saturated carbocycles. The molecule has 0 radical (unpaired) electrons. The summed E-state index contributed by atoms with van der Waals surface area (Å²) in [5.41, 5.74) is 1.38. The van der Waals surface area contributed by atoms with Gasteiger partial charge in [-0.3, -0.25) is 9.78 Å². The summed E-state index contributed by atoms with van der Waals surface area (Å²) in [6.07, 6.45) is 2.51. The molecule has 0 N–H and O–H groups in total. The van der Waals surface area contributed by atoms with Gasteiger partial charge in [0, 0.05) is 43.4 Å². The van der Waals surface area contributed by atoms with Crippen LogP contribution in [0, 0.1) is 5.82 Å². The van der Waals surface area contributed by atoms with Gasteiger partial charge in [-0.2, -0.15) is 0 Å². The van der Waals surface area contributed by atoms with E-state index in [2.05, 4.69) is 9.88 Å². The molecule has 0 aliphatic carbocycles. The molecule has 3 rings (SSSR count). The maximum atomic E-state index is 13.7. The van der Waals surface area contributed by atoms with Gasteiger partial charge < -0.3 is 9.80 Å². The van der Waals surface area contributed by atoms with Crippen molar-refractivity contribution < 1.29 is 9.18 Å². The van der Waals surface area contributed by atoms with E-state index in [0.717, 1.165) is 30.6 Å². The highest BCUT2D eigenvalue weighted by atomic mass is 19.1. The largest absolute Gasteiger partial charge is 0.367 e. The van der Waals surface area contributed by atoms with Gasteiger partial charge in [-0.25, -0.2) is 4.39 Å². The zero-order valence-corrected chi connectivity index (χ0v) is 10.4. The molecular formula is C14H14FN3O. The quantitative estimate of drug-likeness (QED) is 0.769. The summed E-state index contributed by atoms with van der Waals surface area (Å²) in [5, 5.41) is 0.821. The lowest BCUT2D eigenvalue weighted by molar-refractivity contribution is -0.118. The molecule has 1 saturated heterocycles. The molecule has 1 aliphatic rings. The maximum absolute atomic E-state index is 13.7. The lowest BCUT2D eigenvalue weighted by atomic mass is 10.1. The Hall–Kier alpha value is -2.17. The van der Waals surface area contributed by atoms with Crippen molar-refractivity contribution in [3.8, 4) is 0 Å². The van der Waals surface area contributed by atoms with Crippen molar-refractivity contribution in [3.05, 3.63) is 36.3 Å².